The van der Waals surface area contributed by atoms with E-state index in [1.807, 2.05) is 0 Å². The first-order valence-electron chi connectivity index (χ1n) is 8.95. The quantitative estimate of drug-likeness (QED) is 0.639. The van der Waals surface area contributed by atoms with Crippen LogP contribution in [0.15, 0.2) is 65.8 Å². The zero-order valence-electron chi connectivity index (χ0n) is 16.0. The van der Waals surface area contributed by atoms with Crippen molar-refractivity contribution >= 4 is 11.9 Å². The van der Waals surface area contributed by atoms with Gasteiger partial charge in [-0.3, -0.25) is 4.79 Å². The standard InChI is InChI=1S/C22H16F4O5/c1-12-8-13(19(27)28)11-21(10-12,20(29)30)14-6-7-17(23)16(9-14)15-4-2-3-5-18(15)31-22(24,25)26/h2-10H,11H2,1H3,(H,27,28)(H,29,30). The summed E-state index contributed by atoms with van der Waals surface area (Å²) in [4.78, 5) is 23.7. The third kappa shape index (κ3) is 4.45. The van der Waals surface area contributed by atoms with Crippen molar-refractivity contribution in [1.29, 1.82) is 0 Å². The molecule has 0 fully saturated rings. The predicted octanol–water partition coefficient (Wildman–Crippen LogP) is 5.07. The first kappa shape index (κ1) is 22.1. The van der Waals surface area contributed by atoms with Gasteiger partial charge in [0, 0.05) is 23.1 Å². The van der Waals surface area contributed by atoms with E-state index in [-0.39, 0.29) is 22.3 Å². The van der Waals surface area contributed by atoms with Gasteiger partial charge >= 0.3 is 18.3 Å². The van der Waals surface area contributed by atoms with E-state index in [4.69, 9.17) is 0 Å². The Morgan fingerprint density at radius 2 is 1.74 bits per heavy atom. The van der Waals surface area contributed by atoms with E-state index in [0.717, 1.165) is 18.2 Å². The number of carboxylic acids is 2. The van der Waals surface area contributed by atoms with Crippen LogP contribution in [0.2, 0.25) is 0 Å². The molecule has 0 amide bonds. The van der Waals surface area contributed by atoms with Gasteiger partial charge in [-0.1, -0.05) is 35.9 Å². The lowest BCUT2D eigenvalue weighted by molar-refractivity contribution is -0.274. The summed E-state index contributed by atoms with van der Waals surface area (Å²) < 4.78 is 56.9. The topological polar surface area (TPSA) is 83.8 Å². The number of ether oxygens (including phenoxy) is 1. The number of benzene rings is 2. The van der Waals surface area contributed by atoms with Crippen molar-refractivity contribution in [2.75, 3.05) is 0 Å². The fraction of sp³-hybridized carbons (Fsp3) is 0.182. The van der Waals surface area contributed by atoms with Crippen LogP contribution >= 0.6 is 0 Å². The van der Waals surface area contributed by atoms with Crippen molar-refractivity contribution in [2.24, 2.45) is 0 Å². The average Bonchev–Trinajstić information content (AvgIpc) is 2.67. The number of hydrogen-bond donors (Lipinski definition) is 2. The molecule has 0 aromatic heterocycles. The van der Waals surface area contributed by atoms with E-state index < -0.39 is 41.7 Å². The summed E-state index contributed by atoms with van der Waals surface area (Å²) in [6.07, 6.45) is -2.75. The molecule has 0 bridgehead atoms. The van der Waals surface area contributed by atoms with Crippen molar-refractivity contribution in [3.8, 4) is 16.9 Å². The summed E-state index contributed by atoms with van der Waals surface area (Å²) in [6.45, 7) is 1.52. The van der Waals surface area contributed by atoms with Gasteiger partial charge in [-0.05, 0) is 36.8 Å². The second kappa shape index (κ2) is 7.90. The SMILES string of the molecule is CC1=CC(C(=O)O)(c2ccc(F)c(-c3ccccc3OC(F)(F)F)c2)CC(C(=O)O)=C1. The molecular weight excluding hydrogens is 420 g/mol. The van der Waals surface area contributed by atoms with Crippen molar-refractivity contribution in [1.82, 2.24) is 0 Å². The van der Waals surface area contributed by atoms with Gasteiger partial charge in [0.05, 0.1) is 0 Å². The van der Waals surface area contributed by atoms with Crippen LogP contribution in [0.4, 0.5) is 17.6 Å². The zero-order valence-corrected chi connectivity index (χ0v) is 16.0. The molecule has 0 spiro atoms. The molecule has 1 aliphatic rings. The maximum Gasteiger partial charge on any atom is 0.573 e. The Morgan fingerprint density at radius 1 is 1.06 bits per heavy atom. The number of hydrogen-bond acceptors (Lipinski definition) is 3. The highest BCUT2D eigenvalue weighted by atomic mass is 19.4. The number of allylic oxidation sites excluding steroid dienone is 2. The summed E-state index contributed by atoms with van der Waals surface area (Å²) in [5.41, 5.74) is -2.15. The van der Waals surface area contributed by atoms with Gasteiger partial charge in [-0.15, -0.1) is 13.2 Å². The second-order valence-corrected chi connectivity index (χ2v) is 7.05. The van der Waals surface area contributed by atoms with Crippen LogP contribution in [0, 0.1) is 5.82 Å². The minimum atomic E-state index is -5.02. The highest BCUT2D eigenvalue weighted by Gasteiger charge is 2.43. The van der Waals surface area contributed by atoms with E-state index >= 15 is 0 Å². The van der Waals surface area contributed by atoms with E-state index in [0.29, 0.717) is 5.57 Å². The van der Waals surface area contributed by atoms with Gasteiger partial charge in [0.25, 0.3) is 0 Å². The van der Waals surface area contributed by atoms with Crippen molar-refractivity contribution in [3.05, 3.63) is 77.1 Å². The Morgan fingerprint density at radius 3 is 2.35 bits per heavy atom. The second-order valence-electron chi connectivity index (χ2n) is 7.05. The van der Waals surface area contributed by atoms with Crippen LogP contribution in [0.25, 0.3) is 11.1 Å². The van der Waals surface area contributed by atoms with Crippen LogP contribution in [-0.4, -0.2) is 28.5 Å². The number of rotatable bonds is 5. The highest BCUT2D eigenvalue weighted by Crippen LogP contribution is 2.42. The molecule has 1 atom stereocenters. The number of aliphatic carboxylic acids is 2. The molecule has 0 saturated heterocycles. The van der Waals surface area contributed by atoms with Gasteiger partial charge in [0.1, 0.15) is 17.0 Å². The number of halogens is 4. The first-order valence-corrected chi connectivity index (χ1v) is 8.95. The molecule has 1 unspecified atom stereocenters. The number of alkyl halides is 3. The zero-order chi connectivity index (χ0) is 23.0. The number of para-hydroxylation sites is 1. The molecule has 5 nitrogen and oxygen atoms in total. The van der Waals surface area contributed by atoms with Crippen LogP contribution < -0.4 is 4.74 Å². The molecule has 162 valence electrons. The molecule has 0 aliphatic heterocycles. The lowest BCUT2D eigenvalue weighted by atomic mass is 9.71. The predicted molar refractivity (Wildman–Crippen MR) is 102 cm³/mol. The summed E-state index contributed by atoms with van der Waals surface area (Å²) in [7, 11) is 0. The normalized spacial score (nSPS) is 18.7. The van der Waals surface area contributed by atoms with Crippen molar-refractivity contribution in [3.63, 3.8) is 0 Å². The van der Waals surface area contributed by atoms with E-state index in [1.165, 1.54) is 43.3 Å². The number of carbonyl (C=O) groups is 2. The first-order chi connectivity index (χ1) is 14.4. The summed E-state index contributed by atoms with van der Waals surface area (Å²) in [6, 6.07) is 8.10. The molecule has 0 heterocycles. The minimum absolute atomic E-state index is 0.0180. The van der Waals surface area contributed by atoms with Crippen molar-refractivity contribution < 1.29 is 42.1 Å². The Bertz CT molecular complexity index is 1120. The Kier molecular flexibility index (Phi) is 5.62. The van der Waals surface area contributed by atoms with Crippen molar-refractivity contribution in [2.45, 2.75) is 25.1 Å². The van der Waals surface area contributed by atoms with Crippen LogP contribution in [0.5, 0.6) is 5.75 Å². The third-order valence-electron chi connectivity index (χ3n) is 4.89. The van der Waals surface area contributed by atoms with Gasteiger partial charge in [0.15, 0.2) is 0 Å². The molecule has 1 aliphatic carbocycles. The Hall–Kier alpha value is -3.62. The maximum absolute atomic E-state index is 14.6. The monoisotopic (exact) mass is 436 g/mol. The van der Waals surface area contributed by atoms with Crippen LogP contribution in [0.1, 0.15) is 18.9 Å². The lowest BCUT2D eigenvalue weighted by Crippen LogP contribution is -2.37. The molecule has 0 radical (unpaired) electrons. The highest BCUT2D eigenvalue weighted by molar-refractivity contribution is 5.93. The molecular formula is C22H16F4O5. The fourth-order valence-corrected chi connectivity index (χ4v) is 3.60. The Balaban J connectivity index is 2.19. The number of carboxylic acid groups (broad SMARTS) is 2. The van der Waals surface area contributed by atoms with Gasteiger partial charge < -0.3 is 14.9 Å². The lowest BCUT2D eigenvalue weighted by Gasteiger charge is -2.31. The van der Waals surface area contributed by atoms with Crippen LogP contribution in [-0.2, 0) is 15.0 Å². The maximum atomic E-state index is 14.6. The van der Waals surface area contributed by atoms with E-state index in [1.54, 1.807) is 0 Å². The third-order valence-corrected chi connectivity index (χ3v) is 4.89. The van der Waals surface area contributed by atoms with Gasteiger partial charge in [0.2, 0.25) is 0 Å². The van der Waals surface area contributed by atoms with Gasteiger partial charge in [-0.2, -0.15) is 0 Å². The average molecular weight is 436 g/mol. The van der Waals surface area contributed by atoms with E-state index in [2.05, 4.69) is 4.74 Å². The molecule has 2 N–H and O–H groups in total. The molecule has 2 aromatic carbocycles. The molecule has 9 heteroatoms. The molecule has 3 rings (SSSR count). The van der Waals surface area contributed by atoms with Crippen LogP contribution in [0.3, 0.4) is 0 Å². The molecule has 31 heavy (non-hydrogen) atoms. The summed E-state index contributed by atoms with van der Waals surface area (Å²) in [5.74, 6) is -4.23. The molecule has 0 saturated carbocycles. The summed E-state index contributed by atoms with van der Waals surface area (Å²) >= 11 is 0. The van der Waals surface area contributed by atoms with E-state index in [9.17, 15) is 37.4 Å². The summed E-state index contributed by atoms with van der Waals surface area (Å²) in [5, 5.41) is 19.3. The van der Waals surface area contributed by atoms with Gasteiger partial charge in [-0.25, -0.2) is 9.18 Å². The Labute approximate surface area is 173 Å². The minimum Gasteiger partial charge on any atom is -0.480 e. The smallest absolute Gasteiger partial charge is 0.480 e. The molecule has 2 aromatic rings. The largest absolute Gasteiger partial charge is 0.573 e. The fourth-order valence-electron chi connectivity index (χ4n) is 3.60.